The van der Waals surface area contributed by atoms with Gasteiger partial charge in [0, 0.05) is 0 Å². The van der Waals surface area contributed by atoms with Crippen LogP contribution in [0, 0.1) is 17.8 Å². The van der Waals surface area contributed by atoms with Crippen LogP contribution >= 0.6 is 0 Å². The molecule has 4 nitrogen and oxygen atoms in total. The number of aliphatic hydroxyl groups is 1. The molecule has 1 saturated carbocycles. The lowest BCUT2D eigenvalue weighted by molar-refractivity contribution is -0.166. The standard InChI is InChI=1S/C14H19NO3/c1-6-7(2)12(8(6)3)14(18)15-11-5-9(16)4-10(11)13(15)17/h7,9-12,16H,4-5H2,1-3H3/t7?,9?,10?,11?,12-/m0/s1. The lowest BCUT2D eigenvalue weighted by Gasteiger charge is -2.47. The molecule has 0 aromatic carbocycles. The summed E-state index contributed by atoms with van der Waals surface area (Å²) in [5.74, 6) is -0.106. The number of nitrogens with zero attached hydrogens (tertiary/aromatic N) is 1. The molecule has 0 aromatic rings. The van der Waals surface area contributed by atoms with E-state index in [-0.39, 0.29) is 35.6 Å². The molecule has 18 heavy (non-hydrogen) atoms. The lowest BCUT2D eigenvalue weighted by Crippen LogP contribution is -2.63. The maximum absolute atomic E-state index is 12.4. The van der Waals surface area contributed by atoms with Crippen molar-refractivity contribution in [2.75, 3.05) is 0 Å². The zero-order valence-corrected chi connectivity index (χ0v) is 11.0. The summed E-state index contributed by atoms with van der Waals surface area (Å²) in [7, 11) is 0. The van der Waals surface area contributed by atoms with E-state index in [1.54, 1.807) is 0 Å². The van der Waals surface area contributed by atoms with Crippen molar-refractivity contribution in [3.8, 4) is 0 Å². The maximum atomic E-state index is 12.4. The van der Waals surface area contributed by atoms with E-state index in [1.165, 1.54) is 10.5 Å². The average Bonchev–Trinajstić information content (AvgIpc) is 2.67. The van der Waals surface area contributed by atoms with Crippen molar-refractivity contribution >= 4 is 11.8 Å². The van der Waals surface area contributed by atoms with Crippen molar-refractivity contribution in [3.63, 3.8) is 0 Å². The van der Waals surface area contributed by atoms with Gasteiger partial charge >= 0.3 is 0 Å². The van der Waals surface area contributed by atoms with E-state index in [0.29, 0.717) is 12.8 Å². The van der Waals surface area contributed by atoms with Gasteiger partial charge < -0.3 is 5.11 Å². The van der Waals surface area contributed by atoms with E-state index in [0.717, 1.165) is 5.57 Å². The number of β-lactam (4-membered cyclic amide) rings is 1. The Kier molecular flexibility index (Phi) is 2.43. The van der Waals surface area contributed by atoms with E-state index in [9.17, 15) is 14.7 Å². The van der Waals surface area contributed by atoms with E-state index >= 15 is 0 Å². The fraction of sp³-hybridized carbons (Fsp3) is 0.714. The molecule has 1 N–H and O–H groups in total. The number of carbonyl (C=O) groups excluding carboxylic acids is 2. The molecule has 98 valence electrons. The summed E-state index contributed by atoms with van der Waals surface area (Å²) in [4.78, 5) is 25.8. The molecule has 1 aliphatic heterocycles. The predicted molar refractivity (Wildman–Crippen MR) is 65.4 cm³/mol. The van der Waals surface area contributed by atoms with Gasteiger partial charge in [0.1, 0.15) is 0 Å². The van der Waals surface area contributed by atoms with Gasteiger partial charge in [-0.2, -0.15) is 0 Å². The van der Waals surface area contributed by atoms with Crippen molar-refractivity contribution < 1.29 is 14.7 Å². The number of hydrogen-bond donors (Lipinski definition) is 1. The smallest absolute Gasteiger partial charge is 0.237 e. The van der Waals surface area contributed by atoms with Gasteiger partial charge in [-0.3, -0.25) is 14.5 Å². The average molecular weight is 249 g/mol. The molecule has 3 aliphatic rings. The van der Waals surface area contributed by atoms with Crippen molar-refractivity contribution in [1.29, 1.82) is 0 Å². The summed E-state index contributed by atoms with van der Waals surface area (Å²) < 4.78 is 0. The van der Waals surface area contributed by atoms with Gasteiger partial charge in [0.15, 0.2) is 0 Å². The molecule has 0 radical (unpaired) electrons. The SMILES string of the molecule is CC1=C(C)[C@@H](C(=O)N2C(=O)C3CC(O)CC32)C1C. The molecule has 3 rings (SSSR count). The Morgan fingerprint density at radius 2 is 1.94 bits per heavy atom. The van der Waals surface area contributed by atoms with Crippen LogP contribution < -0.4 is 0 Å². The fourth-order valence-corrected chi connectivity index (χ4v) is 3.75. The molecule has 2 fully saturated rings. The van der Waals surface area contributed by atoms with E-state index in [2.05, 4.69) is 0 Å². The molecule has 4 unspecified atom stereocenters. The largest absolute Gasteiger partial charge is 0.393 e. The van der Waals surface area contributed by atoms with Crippen molar-refractivity contribution in [2.45, 2.75) is 45.8 Å². The first kappa shape index (κ1) is 11.9. The summed E-state index contributed by atoms with van der Waals surface area (Å²) >= 11 is 0. The van der Waals surface area contributed by atoms with Crippen LogP contribution in [0.15, 0.2) is 11.1 Å². The summed E-state index contributed by atoms with van der Waals surface area (Å²) in [5.41, 5.74) is 2.38. The van der Waals surface area contributed by atoms with E-state index in [4.69, 9.17) is 0 Å². The number of aliphatic hydroxyl groups excluding tert-OH is 1. The van der Waals surface area contributed by atoms with Gasteiger partial charge in [-0.15, -0.1) is 0 Å². The van der Waals surface area contributed by atoms with Crippen LogP contribution in [-0.2, 0) is 9.59 Å². The third-order valence-electron chi connectivity index (χ3n) is 5.17. The second kappa shape index (κ2) is 3.67. The Morgan fingerprint density at radius 1 is 1.28 bits per heavy atom. The minimum Gasteiger partial charge on any atom is -0.393 e. The number of allylic oxidation sites excluding steroid dienone is 1. The zero-order chi connectivity index (χ0) is 13.2. The first-order valence-corrected chi connectivity index (χ1v) is 6.65. The Morgan fingerprint density at radius 3 is 2.56 bits per heavy atom. The molecule has 2 aliphatic carbocycles. The van der Waals surface area contributed by atoms with Crippen LogP contribution in [0.3, 0.4) is 0 Å². The van der Waals surface area contributed by atoms with Crippen molar-refractivity contribution in [3.05, 3.63) is 11.1 Å². The molecule has 1 heterocycles. The van der Waals surface area contributed by atoms with Crippen LogP contribution in [0.5, 0.6) is 0 Å². The third kappa shape index (κ3) is 1.30. The molecule has 0 spiro atoms. The predicted octanol–water partition coefficient (Wildman–Crippen LogP) is 1.10. The number of rotatable bonds is 1. The van der Waals surface area contributed by atoms with E-state index in [1.807, 2.05) is 20.8 Å². The summed E-state index contributed by atoms with van der Waals surface area (Å²) in [6, 6.07) is -0.0408. The third-order valence-corrected chi connectivity index (χ3v) is 5.17. The Bertz CT molecular complexity index is 468. The molecular formula is C14H19NO3. The van der Waals surface area contributed by atoms with E-state index < -0.39 is 6.10 Å². The monoisotopic (exact) mass is 249 g/mol. The first-order chi connectivity index (χ1) is 8.43. The zero-order valence-electron chi connectivity index (χ0n) is 11.0. The minimum atomic E-state index is -0.418. The van der Waals surface area contributed by atoms with Gasteiger partial charge in [-0.1, -0.05) is 18.1 Å². The highest BCUT2D eigenvalue weighted by molar-refractivity contribution is 6.04. The van der Waals surface area contributed by atoms with Gasteiger partial charge in [0.2, 0.25) is 11.8 Å². The Balaban J connectivity index is 1.78. The fourth-order valence-electron chi connectivity index (χ4n) is 3.75. The highest BCUT2D eigenvalue weighted by Crippen LogP contribution is 2.46. The molecule has 0 bridgehead atoms. The van der Waals surface area contributed by atoms with Crippen LogP contribution in [0.2, 0.25) is 0 Å². The highest BCUT2D eigenvalue weighted by atomic mass is 16.3. The normalized spacial score (nSPS) is 42.6. The number of imide groups is 1. The van der Waals surface area contributed by atoms with Crippen molar-refractivity contribution in [2.24, 2.45) is 17.8 Å². The number of hydrogen-bond acceptors (Lipinski definition) is 3. The minimum absolute atomic E-state index is 0.0408. The van der Waals surface area contributed by atoms with Crippen LogP contribution in [0.25, 0.3) is 0 Å². The van der Waals surface area contributed by atoms with Gasteiger partial charge in [-0.25, -0.2) is 0 Å². The Labute approximate surface area is 107 Å². The Hall–Kier alpha value is -1.16. The first-order valence-electron chi connectivity index (χ1n) is 6.65. The number of carbonyl (C=O) groups is 2. The van der Waals surface area contributed by atoms with Crippen molar-refractivity contribution in [1.82, 2.24) is 4.90 Å². The highest BCUT2D eigenvalue weighted by Gasteiger charge is 2.57. The summed E-state index contributed by atoms with van der Waals surface area (Å²) in [6.45, 7) is 6.06. The number of likely N-dealkylation sites (tertiary alicyclic amines) is 1. The van der Waals surface area contributed by atoms with Crippen LogP contribution in [0.1, 0.15) is 33.6 Å². The molecule has 0 aromatic heterocycles. The molecule has 2 amide bonds. The number of amides is 2. The van der Waals surface area contributed by atoms with Crippen LogP contribution in [-0.4, -0.2) is 34.0 Å². The number of fused-ring (bicyclic) bond motifs is 1. The second-order valence-electron chi connectivity index (χ2n) is 5.98. The topological polar surface area (TPSA) is 57.6 Å². The summed E-state index contributed by atoms with van der Waals surface area (Å²) in [5, 5.41) is 9.58. The van der Waals surface area contributed by atoms with Gasteiger partial charge in [0.25, 0.3) is 0 Å². The lowest BCUT2D eigenvalue weighted by atomic mass is 9.68. The van der Waals surface area contributed by atoms with Gasteiger partial charge in [0.05, 0.1) is 24.0 Å². The quantitative estimate of drug-likeness (QED) is 0.430. The summed E-state index contributed by atoms with van der Waals surface area (Å²) in [6.07, 6.45) is 0.672. The van der Waals surface area contributed by atoms with Gasteiger partial charge in [-0.05, 0) is 32.6 Å². The molecule has 4 heteroatoms. The molecule has 1 saturated heterocycles. The molecular weight excluding hydrogens is 230 g/mol. The van der Waals surface area contributed by atoms with Crippen LogP contribution in [0.4, 0.5) is 0 Å². The molecule has 5 atom stereocenters. The second-order valence-corrected chi connectivity index (χ2v) is 5.98. The maximum Gasteiger partial charge on any atom is 0.237 e.